The molecule has 0 bridgehead atoms. The van der Waals surface area contributed by atoms with E-state index in [4.69, 9.17) is 5.73 Å². The van der Waals surface area contributed by atoms with Crippen molar-refractivity contribution in [2.75, 3.05) is 19.6 Å². The molecule has 0 aromatic carbocycles. The predicted molar refractivity (Wildman–Crippen MR) is 62.6 cm³/mol. The molecule has 2 nitrogen and oxygen atoms in total. The molecule has 0 amide bonds. The van der Waals surface area contributed by atoms with Crippen molar-refractivity contribution in [2.45, 2.75) is 44.9 Å². The predicted octanol–water partition coefficient (Wildman–Crippen LogP) is 1.90. The molecule has 3 aliphatic rings. The highest BCUT2D eigenvalue weighted by Crippen LogP contribution is 2.60. The molecular weight excluding hydrogens is 184 g/mol. The van der Waals surface area contributed by atoms with Crippen LogP contribution in [0.25, 0.3) is 0 Å². The zero-order valence-corrected chi connectivity index (χ0v) is 9.73. The fourth-order valence-electron chi connectivity index (χ4n) is 3.29. The second-order valence-electron chi connectivity index (χ2n) is 6.30. The van der Waals surface area contributed by atoms with E-state index < -0.39 is 0 Å². The summed E-state index contributed by atoms with van der Waals surface area (Å²) in [4.78, 5) is 0. The van der Waals surface area contributed by atoms with Crippen molar-refractivity contribution in [3.63, 3.8) is 0 Å². The number of nitrogens with one attached hydrogen (secondary N) is 1. The van der Waals surface area contributed by atoms with Crippen molar-refractivity contribution >= 4 is 0 Å². The minimum Gasteiger partial charge on any atom is -0.330 e. The molecule has 0 spiro atoms. The monoisotopic (exact) mass is 208 g/mol. The van der Waals surface area contributed by atoms with Crippen molar-refractivity contribution in [2.24, 2.45) is 22.5 Å². The molecule has 86 valence electrons. The second-order valence-corrected chi connectivity index (χ2v) is 6.30. The van der Waals surface area contributed by atoms with Gasteiger partial charge < -0.3 is 11.1 Å². The van der Waals surface area contributed by atoms with E-state index in [0.717, 1.165) is 17.9 Å². The number of hydrogen-bond acceptors (Lipinski definition) is 2. The summed E-state index contributed by atoms with van der Waals surface area (Å²) < 4.78 is 0. The molecule has 2 heteroatoms. The third-order valence-electron chi connectivity index (χ3n) is 5.16. The normalized spacial score (nSPS) is 31.0. The van der Waals surface area contributed by atoms with Crippen LogP contribution < -0.4 is 11.1 Å². The maximum atomic E-state index is 5.87. The summed E-state index contributed by atoms with van der Waals surface area (Å²) >= 11 is 0. The number of nitrogens with two attached hydrogens (primary N) is 1. The molecule has 3 N–H and O–H groups in total. The lowest BCUT2D eigenvalue weighted by Gasteiger charge is -2.41. The van der Waals surface area contributed by atoms with Gasteiger partial charge in [0.25, 0.3) is 0 Å². The van der Waals surface area contributed by atoms with E-state index in [2.05, 4.69) is 5.32 Å². The molecule has 0 aromatic heterocycles. The van der Waals surface area contributed by atoms with Gasteiger partial charge in [-0.25, -0.2) is 0 Å². The quantitative estimate of drug-likeness (QED) is 0.699. The average Bonchev–Trinajstić information content (AvgIpc) is 2.99. The first-order valence-electron chi connectivity index (χ1n) is 6.70. The van der Waals surface area contributed by atoms with Crippen LogP contribution in [-0.2, 0) is 0 Å². The first kappa shape index (κ1) is 10.1. The number of hydrogen-bond donors (Lipinski definition) is 2. The lowest BCUT2D eigenvalue weighted by atomic mass is 9.69. The molecule has 15 heavy (non-hydrogen) atoms. The lowest BCUT2D eigenvalue weighted by Crippen LogP contribution is -2.46. The molecule has 0 aliphatic heterocycles. The van der Waals surface area contributed by atoms with E-state index in [0.29, 0.717) is 5.41 Å². The van der Waals surface area contributed by atoms with E-state index >= 15 is 0 Å². The fraction of sp³-hybridized carbons (Fsp3) is 1.00. The largest absolute Gasteiger partial charge is 0.330 e. The van der Waals surface area contributed by atoms with Gasteiger partial charge in [0, 0.05) is 13.1 Å². The highest BCUT2D eigenvalue weighted by Gasteiger charge is 2.53. The van der Waals surface area contributed by atoms with Crippen molar-refractivity contribution in [3.8, 4) is 0 Å². The van der Waals surface area contributed by atoms with Crippen LogP contribution in [0.4, 0.5) is 0 Å². The highest BCUT2D eigenvalue weighted by atomic mass is 14.9. The standard InChI is InChI=1S/C13H24N2/c14-8-12(4-1-5-12)9-15-10-13(6-7-13)11-2-3-11/h11,15H,1-10,14H2. The Morgan fingerprint density at radius 2 is 1.80 bits per heavy atom. The molecular formula is C13H24N2. The summed E-state index contributed by atoms with van der Waals surface area (Å²) in [6.07, 6.45) is 10.1. The Morgan fingerprint density at radius 1 is 1.07 bits per heavy atom. The molecule has 0 atom stereocenters. The molecule has 0 aromatic rings. The lowest BCUT2D eigenvalue weighted by molar-refractivity contribution is 0.137. The fourth-order valence-corrected chi connectivity index (χ4v) is 3.29. The van der Waals surface area contributed by atoms with E-state index in [1.165, 1.54) is 58.0 Å². The Balaban J connectivity index is 1.43. The zero-order chi connectivity index (χ0) is 10.4. The summed E-state index contributed by atoms with van der Waals surface area (Å²) in [5.41, 5.74) is 7.10. The Kier molecular flexibility index (Phi) is 2.33. The van der Waals surface area contributed by atoms with Gasteiger partial charge in [-0.05, 0) is 61.8 Å². The third kappa shape index (κ3) is 1.83. The molecule has 3 saturated carbocycles. The minimum atomic E-state index is 0.486. The van der Waals surface area contributed by atoms with Gasteiger partial charge in [0.05, 0.1) is 0 Å². The Hall–Kier alpha value is -0.0800. The van der Waals surface area contributed by atoms with Crippen LogP contribution in [0.3, 0.4) is 0 Å². The van der Waals surface area contributed by atoms with Gasteiger partial charge in [-0.1, -0.05) is 6.42 Å². The molecule has 0 heterocycles. The molecule has 0 radical (unpaired) electrons. The highest BCUT2D eigenvalue weighted by molar-refractivity contribution is 5.05. The van der Waals surface area contributed by atoms with Gasteiger partial charge in [0.1, 0.15) is 0 Å². The molecule has 3 fully saturated rings. The summed E-state index contributed by atoms with van der Waals surface area (Å²) in [7, 11) is 0. The maximum absolute atomic E-state index is 5.87. The molecule has 0 unspecified atom stereocenters. The van der Waals surface area contributed by atoms with E-state index in [-0.39, 0.29) is 0 Å². The van der Waals surface area contributed by atoms with Crippen molar-refractivity contribution in [1.29, 1.82) is 0 Å². The van der Waals surface area contributed by atoms with Crippen LogP contribution in [0.5, 0.6) is 0 Å². The zero-order valence-electron chi connectivity index (χ0n) is 9.73. The van der Waals surface area contributed by atoms with Crippen molar-refractivity contribution in [3.05, 3.63) is 0 Å². The smallest absolute Gasteiger partial charge is 0.00201 e. The minimum absolute atomic E-state index is 0.486. The molecule has 3 aliphatic carbocycles. The van der Waals surface area contributed by atoms with Gasteiger partial charge in [-0.2, -0.15) is 0 Å². The van der Waals surface area contributed by atoms with E-state index in [1.54, 1.807) is 0 Å². The summed E-state index contributed by atoms with van der Waals surface area (Å²) in [6, 6.07) is 0. The van der Waals surface area contributed by atoms with Crippen molar-refractivity contribution in [1.82, 2.24) is 5.32 Å². The average molecular weight is 208 g/mol. The topological polar surface area (TPSA) is 38.0 Å². The van der Waals surface area contributed by atoms with Crippen LogP contribution in [-0.4, -0.2) is 19.6 Å². The van der Waals surface area contributed by atoms with Crippen LogP contribution in [0.1, 0.15) is 44.9 Å². The molecule has 0 saturated heterocycles. The Morgan fingerprint density at radius 3 is 2.20 bits per heavy atom. The Bertz CT molecular complexity index is 229. The molecule has 3 rings (SSSR count). The SMILES string of the molecule is NCC1(CNCC2(C3CC3)CC2)CCC1. The Labute approximate surface area is 93.0 Å². The summed E-state index contributed by atoms with van der Waals surface area (Å²) in [5, 5.41) is 3.72. The van der Waals surface area contributed by atoms with Gasteiger partial charge >= 0.3 is 0 Å². The van der Waals surface area contributed by atoms with Crippen LogP contribution in [0.15, 0.2) is 0 Å². The maximum Gasteiger partial charge on any atom is 0.00201 e. The summed E-state index contributed by atoms with van der Waals surface area (Å²) in [5.74, 6) is 1.08. The van der Waals surface area contributed by atoms with Gasteiger partial charge in [0.2, 0.25) is 0 Å². The van der Waals surface area contributed by atoms with Crippen LogP contribution in [0, 0.1) is 16.7 Å². The third-order valence-corrected chi connectivity index (χ3v) is 5.16. The van der Waals surface area contributed by atoms with Gasteiger partial charge in [0.15, 0.2) is 0 Å². The van der Waals surface area contributed by atoms with Crippen LogP contribution in [0.2, 0.25) is 0 Å². The van der Waals surface area contributed by atoms with Gasteiger partial charge in [-0.3, -0.25) is 0 Å². The second kappa shape index (κ2) is 3.46. The van der Waals surface area contributed by atoms with Gasteiger partial charge in [-0.15, -0.1) is 0 Å². The van der Waals surface area contributed by atoms with Crippen molar-refractivity contribution < 1.29 is 0 Å². The summed E-state index contributed by atoms with van der Waals surface area (Å²) in [6.45, 7) is 3.34. The van der Waals surface area contributed by atoms with E-state index in [9.17, 15) is 0 Å². The van der Waals surface area contributed by atoms with E-state index in [1.807, 2.05) is 0 Å². The first-order valence-corrected chi connectivity index (χ1v) is 6.70. The number of rotatable bonds is 6. The van der Waals surface area contributed by atoms with Crippen LogP contribution >= 0.6 is 0 Å². The first-order chi connectivity index (χ1) is 7.29.